The Morgan fingerprint density at radius 2 is 1.97 bits per heavy atom. The van der Waals surface area contributed by atoms with Gasteiger partial charge in [-0.05, 0) is 49.9 Å². The number of likely N-dealkylation sites (N-methyl/N-ethyl adjacent to an activating group) is 1. The van der Waals surface area contributed by atoms with E-state index in [1.807, 2.05) is 57.5 Å². The zero-order valence-corrected chi connectivity index (χ0v) is 18.8. The minimum Gasteiger partial charge on any atom is -0.497 e. The highest BCUT2D eigenvalue weighted by Gasteiger charge is 2.17. The number of nitrogens with zero attached hydrogens (tertiary/aromatic N) is 5. The molecule has 1 atom stereocenters. The largest absolute Gasteiger partial charge is 0.497 e. The van der Waals surface area contributed by atoms with Crippen LogP contribution >= 0.6 is 0 Å². The van der Waals surface area contributed by atoms with Gasteiger partial charge in [-0.3, -0.25) is 9.67 Å². The van der Waals surface area contributed by atoms with E-state index in [2.05, 4.69) is 26.4 Å². The van der Waals surface area contributed by atoms with Crippen molar-refractivity contribution in [1.82, 2.24) is 25.1 Å². The van der Waals surface area contributed by atoms with Gasteiger partial charge in [0.05, 0.1) is 48.9 Å². The number of ether oxygens (including phenoxy) is 1. The summed E-state index contributed by atoms with van der Waals surface area (Å²) in [6, 6.07) is 12.0. The summed E-state index contributed by atoms with van der Waals surface area (Å²) >= 11 is 0. The lowest BCUT2D eigenvalue weighted by atomic mass is 10.1. The molecule has 2 aromatic carbocycles. The Labute approximate surface area is 187 Å². The van der Waals surface area contributed by atoms with Crippen molar-refractivity contribution >= 4 is 22.4 Å². The van der Waals surface area contributed by atoms with Crippen LogP contribution in [0.2, 0.25) is 0 Å². The van der Waals surface area contributed by atoms with Gasteiger partial charge in [0, 0.05) is 42.8 Å². The molecule has 0 aliphatic heterocycles. The third-order valence-corrected chi connectivity index (χ3v) is 5.25. The first kappa shape index (κ1) is 21.7. The van der Waals surface area contributed by atoms with Crippen LogP contribution in [0.5, 0.6) is 5.75 Å². The van der Waals surface area contributed by atoms with Gasteiger partial charge < -0.3 is 20.1 Å². The van der Waals surface area contributed by atoms with Crippen LogP contribution in [0, 0.1) is 6.92 Å². The Morgan fingerprint density at radius 3 is 2.69 bits per heavy atom. The van der Waals surface area contributed by atoms with E-state index >= 15 is 0 Å². The Morgan fingerprint density at radius 1 is 1.12 bits per heavy atom. The highest BCUT2D eigenvalue weighted by atomic mass is 16.5. The standard InChI is InChI=1S/C24H28N6O2/c1-16-7-19(9-21(8-16)32-4)30(15-20(31)12-25-2)18-5-6-22-23(10-18)28-24(13-26-22)17-11-27-29(3)14-17/h5-11,13-14,20,25,31H,12,15H2,1-4H3. The summed E-state index contributed by atoms with van der Waals surface area (Å²) in [6.07, 6.45) is 4.90. The molecular formula is C24H28N6O2. The Bertz CT molecular complexity index is 1220. The van der Waals surface area contributed by atoms with Crippen LogP contribution in [0.4, 0.5) is 11.4 Å². The fourth-order valence-electron chi connectivity index (χ4n) is 3.73. The number of hydrogen-bond donors (Lipinski definition) is 2. The second-order valence-corrected chi connectivity index (χ2v) is 7.86. The molecule has 1 unspecified atom stereocenters. The van der Waals surface area contributed by atoms with Crippen LogP contribution in [0.3, 0.4) is 0 Å². The topological polar surface area (TPSA) is 88.3 Å². The van der Waals surface area contributed by atoms with Crippen LogP contribution < -0.4 is 15.0 Å². The summed E-state index contributed by atoms with van der Waals surface area (Å²) in [6.45, 7) is 2.92. The van der Waals surface area contributed by atoms with Crippen LogP contribution in [0.1, 0.15) is 5.56 Å². The van der Waals surface area contributed by atoms with Gasteiger partial charge in [0.15, 0.2) is 0 Å². The maximum Gasteiger partial charge on any atom is 0.121 e. The number of aliphatic hydroxyl groups is 1. The van der Waals surface area contributed by atoms with E-state index in [0.717, 1.165) is 45.0 Å². The highest BCUT2D eigenvalue weighted by molar-refractivity contribution is 5.82. The van der Waals surface area contributed by atoms with Crippen molar-refractivity contribution in [2.45, 2.75) is 13.0 Å². The molecule has 0 amide bonds. The molecule has 4 aromatic rings. The maximum atomic E-state index is 10.6. The van der Waals surface area contributed by atoms with E-state index in [0.29, 0.717) is 13.1 Å². The fourth-order valence-corrected chi connectivity index (χ4v) is 3.73. The van der Waals surface area contributed by atoms with Crippen LogP contribution in [-0.4, -0.2) is 58.2 Å². The minimum atomic E-state index is -0.560. The predicted octanol–water partition coefficient (Wildman–Crippen LogP) is 3.07. The van der Waals surface area contributed by atoms with Crippen molar-refractivity contribution in [2.75, 3.05) is 32.1 Å². The molecule has 166 valence electrons. The zero-order chi connectivity index (χ0) is 22.7. The van der Waals surface area contributed by atoms with Gasteiger partial charge in [-0.25, -0.2) is 4.98 Å². The number of benzene rings is 2. The maximum absolute atomic E-state index is 10.6. The molecule has 0 fully saturated rings. The normalized spacial score (nSPS) is 12.2. The molecule has 0 saturated carbocycles. The second-order valence-electron chi connectivity index (χ2n) is 7.86. The number of aromatic nitrogens is 4. The average Bonchev–Trinajstić information content (AvgIpc) is 3.22. The molecule has 8 nitrogen and oxygen atoms in total. The number of aryl methyl sites for hydroxylation is 2. The van der Waals surface area contributed by atoms with Gasteiger partial charge in [-0.1, -0.05) is 0 Å². The monoisotopic (exact) mass is 432 g/mol. The lowest BCUT2D eigenvalue weighted by Crippen LogP contribution is -2.35. The summed E-state index contributed by atoms with van der Waals surface area (Å²) < 4.78 is 7.22. The van der Waals surface area contributed by atoms with Crippen molar-refractivity contribution in [3.8, 4) is 17.0 Å². The molecule has 8 heteroatoms. The first-order chi connectivity index (χ1) is 15.5. The quantitative estimate of drug-likeness (QED) is 0.442. The highest BCUT2D eigenvalue weighted by Crippen LogP contribution is 2.32. The van der Waals surface area contributed by atoms with E-state index in [1.165, 1.54) is 0 Å². The zero-order valence-electron chi connectivity index (χ0n) is 18.8. The second kappa shape index (κ2) is 9.33. The number of anilines is 2. The fraction of sp³-hybridized carbons (Fsp3) is 0.292. The summed E-state index contributed by atoms with van der Waals surface area (Å²) in [5.41, 5.74) is 6.19. The molecule has 2 heterocycles. The lowest BCUT2D eigenvalue weighted by molar-refractivity contribution is 0.182. The molecule has 0 spiro atoms. The number of fused-ring (bicyclic) bond motifs is 1. The molecule has 0 bridgehead atoms. The molecule has 0 aliphatic carbocycles. The van der Waals surface area contributed by atoms with Gasteiger partial charge in [-0.2, -0.15) is 5.10 Å². The van der Waals surface area contributed by atoms with Gasteiger partial charge in [-0.15, -0.1) is 0 Å². The Kier molecular flexibility index (Phi) is 6.34. The van der Waals surface area contributed by atoms with Crippen LogP contribution in [0.15, 0.2) is 55.0 Å². The van der Waals surface area contributed by atoms with Crippen LogP contribution in [-0.2, 0) is 7.05 Å². The molecule has 2 aromatic heterocycles. The van der Waals surface area contributed by atoms with Crippen LogP contribution in [0.25, 0.3) is 22.3 Å². The van der Waals surface area contributed by atoms with Crippen molar-refractivity contribution in [3.63, 3.8) is 0 Å². The number of rotatable bonds is 8. The number of methoxy groups -OCH3 is 1. The Balaban J connectivity index is 1.78. The van der Waals surface area contributed by atoms with Crippen molar-refractivity contribution in [3.05, 3.63) is 60.6 Å². The molecule has 32 heavy (non-hydrogen) atoms. The first-order valence-corrected chi connectivity index (χ1v) is 10.5. The van der Waals surface area contributed by atoms with Crippen molar-refractivity contribution < 1.29 is 9.84 Å². The predicted molar refractivity (Wildman–Crippen MR) is 126 cm³/mol. The van der Waals surface area contributed by atoms with Gasteiger partial charge in [0.2, 0.25) is 0 Å². The molecule has 0 aliphatic rings. The van der Waals surface area contributed by atoms with Gasteiger partial charge >= 0.3 is 0 Å². The summed E-state index contributed by atoms with van der Waals surface area (Å²) in [4.78, 5) is 11.5. The van der Waals surface area contributed by atoms with E-state index in [9.17, 15) is 5.11 Å². The van der Waals surface area contributed by atoms with E-state index < -0.39 is 6.10 Å². The first-order valence-electron chi connectivity index (χ1n) is 10.5. The molecule has 0 radical (unpaired) electrons. The van der Waals surface area contributed by atoms with Gasteiger partial charge in [0.1, 0.15) is 5.75 Å². The van der Waals surface area contributed by atoms with Crippen molar-refractivity contribution in [1.29, 1.82) is 0 Å². The summed E-state index contributed by atoms with van der Waals surface area (Å²) in [5, 5.41) is 17.8. The molecule has 2 N–H and O–H groups in total. The number of aliphatic hydroxyl groups excluding tert-OH is 1. The van der Waals surface area contributed by atoms with Gasteiger partial charge in [0.25, 0.3) is 0 Å². The Hall–Kier alpha value is -3.49. The van der Waals surface area contributed by atoms with E-state index in [-0.39, 0.29) is 0 Å². The summed E-state index contributed by atoms with van der Waals surface area (Å²) in [7, 11) is 5.36. The summed E-state index contributed by atoms with van der Waals surface area (Å²) in [5.74, 6) is 0.771. The third kappa shape index (κ3) is 4.71. The minimum absolute atomic E-state index is 0.411. The van der Waals surface area contributed by atoms with E-state index in [4.69, 9.17) is 9.72 Å². The van der Waals surface area contributed by atoms with Crippen molar-refractivity contribution in [2.24, 2.45) is 7.05 Å². The number of nitrogens with one attached hydrogen (secondary N) is 1. The molecular weight excluding hydrogens is 404 g/mol. The number of hydrogen-bond acceptors (Lipinski definition) is 7. The van der Waals surface area contributed by atoms with E-state index in [1.54, 1.807) is 24.2 Å². The third-order valence-electron chi connectivity index (χ3n) is 5.25. The smallest absolute Gasteiger partial charge is 0.121 e. The molecule has 0 saturated heterocycles. The molecule has 4 rings (SSSR count). The average molecular weight is 433 g/mol. The lowest BCUT2D eigenvalue weighted by Gasteiger charge is -2.28. The SMILES string of the molecule is CNCC(O)CN(c1cc(C)cc(OC)c1)c1ccc2ncc(-c3cnn(C)c3)nc2c1.